The number of hydrogen-bond acceptors (Lipinski definition) is 3. The van der Waals surface area contributed by atoms with Gasteiger partial charge in [0.25, 0.3) is 0 Å². The van der Waals surface area contributed by atoms with E-state index in [1.165, 1.54) is 0 Å². The van der Waals surface area contributed by atoms with Crippen LogP contribution in [0.5, 0.6) is 0 Å². The van der Waals surface area contributed by atoms with Crippen LogP contribution in [0.3, 0.4) is 0 Å². The first-order chi connectivity index (χ1) is 6.16. The molecule has 1 heterocycles. The van der Waals surface area contributed by atoms with Gasteiger partial charge in [-0.05, 0) is 25.1 Å². The van der Waals surface area contributed by atoms with Crippen LogP contribution in [0.1, 0.15) is 15.4 Å². The highest BCUT2D eigenvalue weighted by Gasteiger charge is 2.04. The van der Waals surface area contributed by atoms with Crippen molar-refractivity contribution in [2.24, 2.45) is 5.73 Å². The Morgan fingerprint density at radius 2 is 2.31 bits per heavy atom. The number of nitrogens with zero attached hydrogens (tertiary/aromatic N) is 1. The predicted molar refractivity (Wildman–Crippen MR) is 52.9 cm³/mol. The lowest BCUT2D eigenvalue weighted by Gasteiger charge is -1.92. The highest BCUT2D eigenvalue weighted by atomic mass is 32.1. The van der Waals surface area contributed by atoms with Crippen molar-refractivity contribution in [1.82, 2.24) is 4.98 Å². The normalized spacial score (nSPS) is 10.5. The quantitative estimate of drug-likeness (QED) is 0.747. The molecule has 2 N–H and O–H groups in total. The zero-order valence-corrected chi connectivity index (χ0v) is 7.89. The second-order valence-electron chi connectivity index (χ2n) is 2.78. The number of aromatic nitrogens is 1. The third-order valence-corrected chi connectivity index (χ3v) is 2.73. The number of benzene rings is 1. The minimum absolute atomic E-state index is 0.410. The summed E-state index contributed by atoms with van der Waals surface area (Å²) in [5.41, 5.74) is 6.51. The Kier molecular flexibility index (Phi) is 1.77. The van der Waals surface area contributed by atoms with Gasteiger partial charge in [0.15, 0.2) is 0 Å². The Morgan fingerprint density at radius 3 is 3.00 bits per heavy atom. The van der Waals surface area contributed by atoms with Crippen LogP contribution in [0.4, 0.5) is 0 Å². The number of fused-ring (bicyclic) bond motifs is 1. The van der Waals surface area contributed by atoms with Gasteiger partial charge < -0.3 is 5.73 Å². The molecule has 1 aromatic carbocycles. The molecule has 66 valence electrons. The number of primary amides is 1. The number of carbonyl (C=O) groups is 1. The van der Waals surface area contributed by atoms with E-state index in [-0.39, 0.29) is 0 Å². The molecular formula is C9H8N2OS. The molecule has 2 rings (SSSR count). The van der Waals surface area contributed by atoms with Crippen LogP contribution in [0.15, 0.2) is 18.2 Å². The minimum atomic E-state index is -0.410. The SMILES string of the molecule is Cc1nc2cc(C(N)=O)ccc2s1. The number of amides is 1. The largest absolute Gasteiger partial charge is 0.366 e. The van der Waals surface area contributed by atoms with Crippen LogP contribution in [-0.4, -0.2) is 10.9 Å². The van der Waals surface area contributed by atoms with E-state index in [0.717, 1.165) is 15.2 Å². The molecule has 3 nitrogen and oxygen atoms in total. The van der Waals surface area contributed by atoms with Gasteiger partial charge in [-0.3, -0.25) is 4.79 Å². The van der Waals surface area contributed by atoms with Gasteiger partial charge in [-0.1, -0.05) is 0 Å². The molecule has 0 atom stereocenters. The lowest BCUT2D eigenvalue weighted by molar-refractivity contribution is 0.100. The summed E-state index contributed by atoms with van der Waals surface area (Å²) in [4.78, 5) is 15.1. The molecule has 2 aromatic rings. The van der Waals surface area contributed by atoms with Crippen LogP contribution in [0, 0.1) is 6.92 Å². The third kappa shape index (κ3) is 1.40. The van der Waals surface area contributed by atoms with Gasteiger partial charge in [-0.25, -0.2) is 4.98 Å². The topological polar surface area (TPSA) is 56.0 Å². The van der Waals surface area contributed by atoms with Crippen molar-refractivity contribution in [2.45, 2.75) is 6.92 Å². The first-order valence-electron chi connectivity index (χ1n) is 3.84. The maximum Gasteiger partial charge on any atom is 0.248 e. The standard InChI is InChI=1S/C9H8N2OS/c1-5-11-7-4-6(9(10)12)2-3-8(7)13-5/h2-4H,1H3,(H2,10,12). The van der Waals surface area contributed by atoms with Crippen molar-refractivity contribution in [2.75, 3.05) is 0 Å². The van der Waals surface area contributed by atoms with Crippen molar-refractivity contribution in [3.8, 4) is 0 Å². The van der Waals surface area contributed by atoms with Crippen molar-refractivity contribution in [3.05, 3.63) is 28.8 Å². The van der Waals surface area contributed by atoms with Gasteiger partial charge in [0.2, 0.25) is 5.91 Å². The number of rotatable bonds is 1. The molecule has 0 radical (unpaired) electrons. The van der Waals surface area contributed by atoms with Crippen molar-refractivity contribution in [1.29, 1.82) is 0 Å². The maximum absolute atomic E-state index is 10.8. The molecule has 0 aliphatic heterocycles. The Bertz CT molecular complexity index is 475. The van der Waals surface area contributed by atoms with Crippen LogP contribution in [-0.2, 0) is 0 Å². The van der Waals surface area contributed by atoms with Crippen molar-refractivity contribution >= 4 is 27.5 Å². The van der Waals surface area contributed by atoms with Gasteiger partial charge in [0.1, 0.15) is 0 Å². The van der Waals surface area contributed by atoms with Gasteiger partial charge in [-0.2, -0.15) is 0 Å². The van der Waals surface area contributed by atoms with E-state index in [1.54, 1.807) is 23.5 Å². The molecule has 0 aliphatic rings. The highest BCUT2D eigenvalue weighted by Crippen LogP contribution is 2.21. The molecule has 1 amide bonds. The summed E-state index contributed by atoms with van der Waals surface area (Å²) in [5, 5.41) is 0.997. The summed E-state index contributed by atoms with van der Waals surface area (Å²) < 4.78 is 1.09. The zero-order chi connectivity index (χ0) is 9.42. The summed E-state index contributed by atoms with van der Waals surface area (Å²) in [5.74, 6) is -0.410. The Balaban J connectivity index is 2.67. The van der Waals surface area contributed by atoms with Gasteiger partial charge in [-0.15, -0.1) is 11.3 Å². The molecule has 0 saturated heterocycles. The van der Waals surface area contributed by atoms with Crippen molar-refractivity contribution in [3.63, 3.8) is 0 Å². The second-order valence-corrected chi connectivity index (χ2v) is 4.01. The fourth-order valence-electron chi connectivity index (χ4n) is 1.20. The molecule has 0 saturated carbocycles. The van der Waals surface area contributed by atoms with Gasteiger partial charge >= 0.3 is 0 Å². The van der Waals surface area contributed by atoms with Crippen LogP contribution >= 0.6 is 11.3 Å². The van der Waals surface area contributed by atoms with E-state index < -0.39 is 5.91 Å². The van der Waals surface area contributed by atoms with Crippen LogP contribution in [0.2, 0.25) is 0 Å². The zero-order valence-electron chi connectivity index (χ0n) is 7.07. The number of aryl methyl sites for hydroxylation is 1. The van der Waals surface area contributed by atoms with E-state index in [2.05, 4.69) is 4.98 Å². The summed E-state index contributed by atoms with van der Waals surface area (Å²) in [6.07, 6.45) is 0. The van der Waals surface area contributed by atoms with E-state index in [4.69, 9.17) is 5.73 Å². The summed E-state index contributed by atoms with van der Waals surface area (Å²) in [6, 6.07) is 5.32. The third-order valence-electron chi connectivity index (χ3n) is 1.78. The minimum Gasteiger partial charge on any atom is -0.366 e. The molecular weight excluding hydrogens is 184 g/mol. The van der Waals surface area contributed by atoms with Crippen LogP contribution in [0.25, 0.3) is 10.2 Å². The fraction of sp³-hybridized carbons (Fsp3) is 0.111. The fourth-order valence-corrected chi connectivity index (χ4v) is 2.00. The van der Waals surface area contributed by atoms with E-state index in [1.807, 2.05) is 13.0 Å². The van der Waals surface area contributed by atoms with Gasteiger partial charge in [0.05, 0.1) is 15.2 Å². The lowest BCUT2D eigenvalue weighted by Crippen LogP contribution is -2.10. The number of nitrogens with two attached hydrogens (primary N) is 1. The number of hydrogen-bond donors (Lipinski definition) is 1. The molecule has 0 unspecified atom stereocenters. The molecule has 0 aliphatic carbocycles. The molecule has 0 spiro atoms. The Labute approximate surface area is 79.2 Å². The number of thiazole rings is 1. The van der Waals surface area contributed by atoms with Gasteiger partial charge in [0, 0.05) is 5.56 Å². The monoisotopic (exact) mass is 192 g/mol. The molecule has 0 fully saturated rings. The predicted octanol–water partition coefficient (Wildman–Crippen LogP) is 1.70. The number of carbonyl (C=O) groups excluding carboxylic acids is 1. The smallest absolute Gasteiger partial charge is 0.248 e. The first kappa shape index (κ1) is 8.19. The maximum atomic E-state index is 10.8. The molecule has 4 heteroatoms. The van der Waals surface area contributed by atoms with E-state index >= 15 is 0 Å². The first-order valence-corrected chi connectivity index (χ1v) is 4.65. The Morgan fingerprint density at radius 1 is 1.54 bits per heavy atom. The highest BCUT2D eigenvalue weighted by molar-refractivity contribution is 7.18. The molecule has 13 heavy (non-hydrogen) atoms. The van der Waals surface area contributed by atoms with Crippen LogP contribution < -0.4 is 5.73 Å². The molecule has 1 aromatic heterocycles. The lowest BCUT2D eigenvalue weighted by atomic mass is 10.2. The second kappa shape index (κ2) is 2.81. The Hall–Kier alpha value is -1.42. The molecule has 0 bridgehead atoms. The average molecular weight is 192 g/mol. The average Bonchev–Trinajstić information content (AvgIpc) is 2.42. The summed E-state index contributed by atoms with van der Waals surface area (Å²) >= 11 is 1.61. The van der Waals surface area contributed by atoms with Crippen molar-refractivity contribution < 1.29 is 4.79 Å². The van der Waals surface area contributed by atoms with E-state index in [9.17, 15) is 4.79 Å². The summed E-state index contributed by atoms with van der Waals surface area (Å²) in [6.45, 7) is 1.94. The summed E-state index contributed by atoms with van der Waals surface area (Å²) in [7, 11) is 0. The van der Waals surface area contributed by atoms with E-state index in [0.29, 0.717) is 5.56 Å².